The first-order valence-electron chi connectivity index (χ1n) is 6.56. The highest BCUT2D eigenvalue weighted by Gasteiger charge is 2.26. The van der Waals surface area contributed by atoms with E-state index in [0.29, 0.717) is 12.5 Å². The van der Waals surface area contributed by atoms with E-state index < -0.39 is 0 Å². The van der Waals surface area contributed by atoms with Gasteiger partial charge < -0.3 is 4.74 Å². The van der Waals surface area contributed by atoms with Crippen molar-refractivity contribution in [1.82, 2.24) is 0 Å². The Hall–Kier alpha value is -1.57. The number of allylic oxidation sites excluding steroid dienone is 2. The summed E-state index contributed by atoms with van der Waals surface area (Å²) in [5.74, 6) is 1.62. The standard InChI is InChI=1S/C16H20O2/c1-12(2)11-18-15-9-14(16(17)10-15)8-13-6-4-3-5-7-13/h3-7,10,12,14H,8-9,11H2,1-2H3. The van der Waals surface area contributed by atoms with Gasteiger partial charge in [-0.3, -0.25) is 4.79 Å². The molecule has 0 spiro atoms. The van der Waals surface area contributed by atoms with Crippen LogP contribution < -0.4 is 0 Å². The number of rotatable bonds is 5. The summed E-state index contributed by atoms with van der Waals surface area (Å²) in [5.41, 5.74) is 1.22. The Labute approximate surface area is 109 Å². The van der Waals surface area contributed by atoms with Crippen molar-refractivity contribution in [3.63, 3.8) is 0 Å². The Balaban J connectivity index is 1.89. The Morgan fingerprint density at radius 2 is 2.00 bits per heavy atom. The molecule has 0 radical (unpaired) electrons. The third-order valence-corrected chi connectivity index (χ3v) is 3.08. The molecule has 0 N–H and O–H groups in total. The molecule has 2 nitrogen and oxygen atoms in total. The minimum atomic E-state index is 0.0644. The molecule has 2 rings (SSSR count). The topological polar surface area (TPSA) is 26.3 Å². The number of carbonyl (C=O) groups excluding carboxylic acids is 1. The van der Waals surface area contributed by atoms with E-state index in [9.17, 15) is 4.79 Å². The highest BCUT2D eigenvalue weighted by atomic mass is 16.5. The van der Waals surface area contributed by atoms with Crippen molar-refractivity contribution in [2.45, 2.75) is 26.7 Å². The van der Waals surface area contributed by atoms with Crippen LogP contribution in [0.3, 0.4) is 0 Å². The summed E-state index contributed by atoms with van der Waals surface area (Å²) < 4.78 is 5.64. The zero-order valence-electron chi connectivity index (χ0n) is 11.1. The summed E-state index contributed by atoms with van der Waals surface area (Å²) in [5, 5.41) is 0. The minimum Gasteiger partial charge on any atom is -0.498 e. The van der Waals surface area contributed by atoms with Gasteiger partial charge in [0, 0.05) is 18.4 Å². The monoisotopic (exact) mass is 244 g/mol. The van der Waals surface area contributed by atoms with Gasteiger partial charge in [-0.1, -0.05) is 44.2 Å². The number of benzene rings is 1. The molecule has 0 fully saturated rings. The van der Waals surface area contributed by atoms with Crippen molar-refractivity contribution in [2.75, 3.05) is 6.61 Å². The summed E-state index contributed by atoms with van der Waals surface area (Å²) in [7, 11) is 0. The van der Waals surface area contributed by atoms with Gasteiger partial charge in [-0.15, -0.1) is 0 Å². The van der Waals surface area contributed by atoms with E-state index in [0.717, 1.165) is 18.6 Å². The fourth-order valence-corrected chi connectivity index (χ4v) is 2.12. The van der Waals surface area contributed by atoms with E-state index in [4.69, 9.17) is 4.74 Å². The van der Waals surface area contributed by atoms with Crippen molar-refractivity contribution >= 4 is 5.78 Å². The molecule has 2 heteroatoms. The van der Waals surface area contributed by atoms with E-state index in [1.807, 2.05) is 18.2 Å². The second-order valence-corrected chi connectivity index (χ2v) is 5.31. The van der Waals surface area contributed by atoms with Crippen LogP contribution in [0.4, 0.5) is 0 Å². The van der Waals surface area contributed by atoms with Gasteiger partial charge in [-0.25, -0.2) is 0 Å². The van der Waals surface area contributed by atoms with Gasteiger partial charge in [-0.2, -0.15) is 0 Å². The molecule has 0 amide bonds. The molecular formula is C16H20O2. The summed E-state index contributed by atoms with van der Waals surface area (Å²) in [6.07, 6.45) is 3.24. The Kier molecular flexibility index (Phi) is 4.19. The first-order valence-corrected chi connectivity index (χ1v) is 6.56. The molecule has 1 aromatic rings. The molecule has 1 unspecified atom stereocenters. The second-order valence-electron chi connectivity index (χ2n) is 5.31. The predicted octanol–water partition coefficient (Wildman–Crippen LogP) is 3.37. The Morgan fingerprint density at radius 3 is 2.67 bits per heavy atom. The van der Waals surface area contributed by atoms with Crippen molar-refractivity contribution < 1.29 is 9.53 Å². The molecule has 1 aliphatic carbocycles. The van der Waals surface area contributed by atoms with Gasteiger partial charge in [0.25, 0.3) is 0 Å². The SMILES string of the molecule is CC(C)COC1=CC(=O)C(Cc2ccccc2)C1. The minimum absolute atomic E-state index is 0.0644. The van der Waals surface area contributed by atoms with Gasteiger partial charge in [0.2, 0.25) is 0 Å². The predicted molar refractivity (Wildman–Crippen MR) is 72.1 cm³/mol. The largest absolute Gasteiger partial charge is 0.498 e. The van der Waals surface area contributed by atoms with Crippen molar-refractivity contribution in [1.29, 1.82) is 0 Å². The molecule has 0 aliphatic heterocycles. The van der Waals surface area contributed by atoms with Crippen LogP contribution >= 0.6 is 0 Å². The van der Waals surface area contributed by atoms with E-state index >= 15 is 0 Å². The zero-order valence-corrected chi connectivity index (χ0v) is 11.1. The van der Waals surface area contributed by atoms with E-state index in [-0.39, 0.29) is 11.7 Å². The van der Waals surface area contributed by atoms with E-state index in [2.05, 4.69) is 26.0 Å². The van der Waals surface area contributed by atoms with Crippen LogP contribution in [0.1, 0.15) is 25.8 Å². The van der Waals surface area contributed by atoms with Crippen molar-refractivity contribution in [2.24, 2.45) is 11.8 Å². The van der Waals surface area contributed by atoms with Gasteiger partial charge in [0.05, 0.1) is 6.61 Å². The molecule has 18 heavy (non-hydrogen) atoms. The molecule has 1 aliphatic rings. The molecule has 0 saturated heterocycles. The maximum atomic E-state index is 11.9. The lowest BCUT2D eigenvalue weighted by atomic mass is 9.96. The fraction of sp³-hybridized carbons (Fsp3) is 0.438. The van der Waals surface area contributed by atoms with Crippen LogP contribution in [-0.2, 0) is 16.0 Å². The highest BCUT2D eigenvalue weighted by molar-refractivity contribution is 5.94. The normalized spacial score (nSPS) is 19.2. The molecule has 0 aromatic heterocycles. The van der Waals surface area contributed by atoms with Crippen molar-refractivity contribution in [3.05, 3.63) is 47.7 Å². The Morgan fingerprint density at radius 1 is 1.28 bits per heavy atom. The third kappa shape index (κ3) is 3.46. The quantitative estimate of drug-likeness (QED) is 0.793. The summed E-state index contributed by atoms with van der Waals surface area (Å²) in [4.78, 5) is 11.9. The van der Waals surface area contributed by atoms with Crippen LogP contribution in [0.2, 0.25) is 0 Å². The first-order chi connectivity index (χ1) is 8.65. The molecular weight excluding hydrogens is 224 g/mol. The molecule has 1 atom stereocenters. The van der Waals surface area contributed by atoms with Crippen molar-refractivity contribution in [3.8, 4) is 0 Å². The molecule has 0 bridgehead atoms. The molecule has 0 heterocycles. The lowest BCUT2D eigenvalue weighted by Gasteiger charge is -2.11. The zero-order chi connectivity index (χ0) is 13.0. The van der Waals surface area contributed by atoms with E-state index in [1.54, 1.807) is 6.08 Å². The summed E-state index contributed by atoms with van der Waals surface area (Å²) in [6.45, 7) is 4.91. The van der Waals surface area contributed by atoms with Crippen LogP contribution in [-0.4, -0.2) is 12.4 Å². The number of carbonyl (C=O) groups is 1. The average molecular weight is 244 g/mol. The summed E-state index contributed by atoms with van der Waals surface area (Å²) in [6, 6.07) is 10.2. The van der Waals surface area contributed by atoms with Gasteiger partial charge >= 0.3 is 0 Å². The maximum absolute atomic E-state index is 11.9. The van der Waals surface area contributed by atoms with Gasteiger partial charge in [0.15, 0.2) is 5.78 Å². The third-order valence-electron chi connectivity index (χ3n) is 3.08. The lowest BCUT2D eigenvalue weighted by Crippen LogP contribution is -2.10. The molecule has 96 valence electrons. The fourth-order valence-electron chi connectivity index (χ4n) is 2.12. The Bertz CT molecular complexity index is 432. The van der Waals surface area contributed by atoms with Gasteiger partial charge in [0.1, 0.15) is 5.76 Å². The van der Waals surface area contributed by atoms with Crippen LogP contribution in [0, 0.1) is 11.8 Å². The lowest BCUT2D eigenvalue weighted by molar-refractivity contribution is -0.117. The number of ether oxygens (including phenoxy) is 1. The molecule has 0 saturated carbocycles. The number of hydrogen-bond donors (Lipinski definition) is 0. The van der Waals surface area contributed by atoms with Gasteiger partial charge in [-0.05, 0) is 17.9 Å². The van der Waals surface area contributed by atoms with Crippen LogP contribution in [0.25, 0.3) is 0 Å². The highest BCUT2D eigenvalue weighted by Crippen LogP contribution is 2.26. The smallest absolute Gasteiger partial charge is 0.162 e. The first kappa shape index (κ1) is 12.9. The van der Waals surface area contributed by atoms with Crippen LogP contribution in [0.5, 0.6) is 0 Å². The average Bonchev–Trinajstić information content (AvgIpc) is 2.69. The second kappa shape index (κ2) is 5.85. The molecule has 1 aromatic carbocycles. The van der Waals surface area contributed by atoms with E-state index in [1.165, 1.54) is 5.56 Å². The summed E-state index contributed by atoms with van der Waals surface area (Å²) >= 11 is 0. The maximum Gasteiger partial charge on any atom is 0.162 e. The van der Waals surface area contributed by atoms with Crippen LogP contribution in [0.15, 0.2) is 42.2 Å². The number of ketones is 1. The number of hydrogen-bond acceptors (Lipinski definition) is 2.